The van der Waals surface area contributed by atoms with Crippen LogP contribution < -0.4 is 16.2 Å². The fourth-order valence-corrected chi connectivity index (χ4v) is 2.78. The van der Waals surface area contributed by atoms with Crippen LogP contribution in [0.1, 0.15) is 51.9 Å². The SMILES string of the molecule is CCCCC[C@H](CC(=O)N1NCCC[C@H]1C(=O)NC)C(=O)NO. The number of rotatable bonds is 8. The summed E-state index contributed by atoms with van der Waals surface area (Å²) >= 11 is 0. The summed E-state index contributed by atoms with van der Waals surface area (Å²) in [4.78, 5) is 36.2. The number of carbonyl (C=O) groups is 3. The van der Waals surface area contributed by atoms with Crippen LogP contribution in [0.25, 0.3) is 0 Å². The van der Waals surface area contributed by atoms with E-state index in [1.807, 2.05) is 0 Å². The minimum atomic E-state index is -0.590. The number of hydroxylamine groups is 1. The number of hydrazine groups is 1. The zero-order chi connectivity index (χ0) is 17.2. The molecule has 0 spiro atoms. The van der Waals surface area contributed by atoms with Gasteiger partial charge in [-0.1, -0.05) is 26.2 Å². The molecule has 1 aliphatic heterocycles. The number of hydrogen-bond donors (Lipinski definition) is 4. The molecule has 8 heteroatoms. The van der Waals surface area contributed by atoms with Crippen molar-refractivity contribution in [2.45, 2.75) is 57.9 Å². The van der Waals surface area contributed by atoms with Crippen molar-refractivity contribution < 1.29 is 19.6 Å². The van der Waals surface area contributed by atoms with Gasteiger partial charge in [0, 0.05) is 25.9 Å². The number of nitrogens with one attached hydrogen (secondary N) is 3. The molecule has 1 aliphatic rings. The quantitative estimate of drug-likeness (QED) is 0.291. The molecule has 1 heterocycles. The standard InChI is InChI=1S/C15H28N4O4/c1-3-4-5-7-11(14(21)18-23)10-13(20)19-12(15(22)16-2)8-6-9-17-19/h11-12,17,23H,3-10H2,1-2H3,(H,16,22)(H,18,21)/t11-,12+/m1/s1. The maximum atomic E-state index is 12.5. The molecule has 23 heavy (non-hydrogen) atoms. The minimum Gasteiger partial charge on any atom is -0.357 e. The first-order chi connectivity index (χ1) is 11.0. The number of amides is 3. The lowest BCUT2D eigenvalue weighted by Gasteiger charge is -2.35. The molecular weight excluding hydrogens is 300 g/mol. The summed E-state index contributed by atoms with van der Waals surface area (Å²) < 4.78 is 0. The summed E-state index contributed by atoms with van der Waals surface area (Å²) in [6, 6.07) is -0.560. The third kappa shape index (κ3) is 5.80. The predicted octanol–water partition coefficient (Wildman–Crippen LogP) is 0.320. The van der Waals surface area contributed by atoms with Gasteiger partial charge in [0.15, 0.2) is 0 Å². The lowest BCUT2D eigenvalue weighted by molar-refractivity contribution is -0.149. The number of likely N-dealkylation sites (N-methyl/N-ethyl adjacent to an activating group) is 1. The molecule has 3 amide bonds. The van der Waals surface area contributed by atoms with E-state index in [1.54, 1.807) is 5.48 Å². The minimum absolute atomic E-state index is 0.0311. The van der Waals surface area contributed by atoms with E-state index in [4.69, 9.17) is 5.21 Å². The highest BCUT2D eigenvalue weighted by atomic mass is 16.5. The average molecular weight is 328 g/mol. The van der Waals surface area contributed by atoms with Gasteiger partial charge in [0.2, 0.25) is 17.7 Å². The van der Waals surface area contributed by atoms with Crippen molar-refractivity contribution in [1.29, 1.82) is 0 Å². The Hall–Kier alpha value is -1.67. The van der Waals surface area contributed by atoms with Gasteiger partial charge >= 0.3 is 0 Å². The van der Waals surface area contributed by atoms with E-state index >= 15 is 0 Å². The van der Waals surface area contributed by atoms with Crippen LogP contribution in [-0.2, 0) is 14.4 Å². The Morgan fingerprint density at radius 3 is 2.70 bits per heavy atom. The normalized spacial score (nSPS) is 19.1. The second-order valence-corrected chi connectivity index (χ2v) is 5.82. The maximum absolute atomic E-state index is 12.5. The largest absolute Gasteiger partial charge is 0.357 e. The smallest absolute Gasteiger partial charge is 0.246 e. The topological polar surface area (TPSA) is 111 Å². The summed E-state index contributed by atoms with van der Waals surface area (Å²) in [5, 5.41) is 12.7. The Kier molecular flexibility index (Phi) is 8.57. The molecule has 1 rings (SSSR count). The molecule has 0 bridgehead atoms. The molecule has 0 aliphatic carbocycles. The van der Waals surface area contributed by atoms with Gasteiger partial charge in [0.25, 0.3) is 0 Å². The Morgan fingerprint density at radius 2 is 2.09 bits per heavy atom. The molecule has 2 atom stereocenters. The summed E-state index contributed by atoms with van der Waals surface area (Å²) in [7, 11) is 1.53. The van der Waals surface area contributed by atoms with Gasteiger partial charge in [-0.05, 0) is 19.3 Å². The van der Waals surface area contributed by atoms with Gasteiger partial charge in [0.1, 0.15) is 6.04 Å². The molecule has 4 N–H and O–H groups in total. The molecule has 1 fully saturated rings. The van der Waals surface area contributed by atoms with Crippen molar-refractivity contribution in [3.05, 3.63) is 0 Å². The van der Waals surface area contributed by atoms with Crippen LogP contribution in [0.2, 0.25) is 0 Å². The number of nitrogens with zero attached hydrogens (tertiary/aromatic N) is 1. The Bertz CT molecular complexity index is 416. The highest BCUT2D eigenvalue weighted by Gasteiger charge is 2.33. The third-order valence-corrected chi connectivity index (χ3v) is 4.12. The van der Waals surface area contributed by atoms with Crippen LogP contribution in [0.4, 0.5) is 0 Å². The highest BCUT2D eigenvalue weighted by Crippen LogP contribution is 2.18. The lowest BCUT2D eigenvalue weighted by atomic mass is 9.96. The molecule has 0 radical (unpaired) electrons. The fraction of sp³-hybridized carbons (Fsp3) is 0.800. The monoisotopic (exact) mass is 328 g/mol. The van der Waals surface area contributed by atoms with Gasteiger partial charge in [-0.15, -0.1) is 0 Å². The van der Waals surface area contributed by atoms with E-state index in [1.165, 1.54) is 12.1 Å². The number of unbranched alkanes of at least 4 members (excludes halogenated alkanes) is 2. The van der Waals surface area contributed by atoms with Crippen LogP contribution in [-0.4, -0.2) is 47.6 Å². The van der Waals surface area contributed by atoms with Crippen LogP contribution in [0.5, 0.6) is 0 Å². The second kappa shape index (κ2) is 10.2. The van der Waals surface area contributed by atoms with Crippen molar-refractivity contribution in [3.8, 4) is 0 Å². The van der Waals surface area contributed by atoms with Gasteiger partial charge in [-0.2, -0.15) is 0 Å². The second-order valence-electron chi connectivity index (χ2n) is 5.82. The first kappa shape index (κ1) is 19.4. The van der Waals surface area contributed by atoms with Crippen molar-refractivity contribution >= 4 is 17.7 Å². The van der Waals surface area contributed by atoms with Crippen LogP contribution in [0, 0.1) is 5.92 Å². The molecule has 1 saturated heterocycles. The fourth-order valence-electron chi connectivity index (χ4n) is 2.78. The summed E-state index contributed by atoms with van der Waals surface area (Å²) in [5.74, 6) is -1.67. The third-order valence-electron chi connectivity index (χ3n) is 4.12. The van der Waals surface area contributed by atoms with Crippen LogP contribution in [0.3, 0.4) is 0 Å². The number of carbonyl (C=O) groups excluding carboxylic acids is 3. The van der Waals surface area contributed by atoms with Crippen molar-refractivity contribution in [2.75, 3.05) is 13.6 Å². The van der Waals surface area contributed by atoms with E-state index in [2.05, 4.69) is 17.7 Å². The Balaban J connectivity index is 2.70. The highest BCUT2D eigenvalue weighted by molar-refractivity contribution is 5.89. The van der Waals surface area contributed by atoms with Gasteiger partial charge in [-0.3, -0.25) is 24.6 Å². The molecular formula is C15H28N4O4. The molecule has 0 aromatic rings. The first-order valence-corrected chi connectivity index (χ1v) is 8.26. The Morgan fingerprint density at radius 1 is 1.35 bits per heavy atom. The van der Waals surface area contributed by atoms with Crippen LogP contribution in [0.15, 0.2) is 0 Å². The van der Waals surface area contributed by atoms with Crippen molar-refractivity contribution in [2.24, 2.45) is 5.92 Å². The van der Waals surface area contributed by atoms with E-state index < -0.39 is 17.9 Å². The van der Waals surface area contributed by atoms with Gasteiger partial charge in [0.05, 0.1) is 0 Å². The van der Waals surface area contributed by atoms with E-state index in [0.29, 0.717) is 19.4 Å². The Labute approximate surface area is 136 Å². The van der Waals surface area contributed by atoms with Gasteiger partial charge < -0.3 is 5.32 Å². The number of hydrogen-bond acceptors (Lipinski definition) is 5. The summed E-state index contributed by atoms with van der Waals surface area (Å²) in [6.45, 7) is 2.67. The van der Waals surface area contributed by atoms with Crippen molar-refractivity contribution in [3.63, 3.8) is 0 Å². The summed E-state index contributed by atoms with van der Waals surface area (Å²) in [6.07, 6.45) is 4.68. The van der Waals surface area contributed by atoms with E-state index in [9.17, 15) is 14.4 Å². The zero-order valence-corrected chi connectivity index (χ0v) is 13.9. The molecule has 0 saturated carbocycles. The predicted molar refractivity (Wildman–Crippen MR) is 84.1 cm³/mol. The molecule has 132 valence electrons. The molecule has 0 aromatic carbocycles. The molecule has 0 aromatic heterocycles. The maximum Gasteiger partial charge on any atom is 0.246 e. The first-order valence-electron chi connectivity index (χ1n) is 8.26. The van der Waals surface area contributed by atoms with Gasteiger partial charge in [-0.25, -0.2) is 10.9 Å². The zero-order valence-electron chi connectivity index (χ0n) is 13.9. The molecule has 0 unspecified atom stereocenters. The summed E-state index contributed by atoms with van der Waals surface area (Å²) in [5.41, 5.74) is 4.58. The lowest BCUT2D eigenvalue weighted by Crippen LogP contribution is -2.58. The van der Waals surface area contributed by atoms with Crippen LogP contribution >= 0.6 is 0 Å². The van der Waals surface area contributed by atoms with E-state index in [0.717, 1.165) is 25.7 Å². The average Bonchev–Trinajstić information content (AvgIpc) is 2.59. The van der Waals surface area contributed by atoms with E-state index in [-0.39, 0.29) is 18.2 Å². The van der Waals surface area contributed by atoms with Crippen molar-refractivity contribution in [1.82, 2.24) is 21.2 Å². The molecule has 8 nitrogen and oxygen atoms in total.